The Hall–Kier alpha value is -4.20. The number of hydrogen-bond donors (Lipinski definition) is 2. The quantitative estimate of drug-likeness (QED) is 0.499. The van der Waals surface area contributed by atoms with Crippen LogP contribution in [0.3, 0.4) is 0 Å². The molecule has 0 atom stereocenters. The summed E-state index contributed by atoms with van der Waals surface area (Å²) >= 11 is 0. The number of methoxy groups -OCH3 is 3. The molecule has 0 saturated carbocycles. The Kier molecular flexibility index (Phi) is 7.53. The van der Waals surface area contributed by atoms with Gasteiger partial charge in [0.2, 0.25) is 0 Å². The Morgan fingerprint density at radius 3 is 2.31 bits per heavy atom. The molecule has 8 nitrogen and oxygen atoms in total. The molecule has 0 fully saturated rings. The van der Waals surface area contributed by atoms with Crippen molar-refractivity contribution in [3.05, 3.63) is 83.4 Å². The molecule has 1 aromatic heterocycles. The molecule has 0 aliphatic carbocycles. The van der Waals surface area contributed by atoms with Crippen molar-refractivity contribution in [1.29, 1.82) is 0 Å². The number of ether oxygens (including phenoxy) is 3. The molecular weight excluding hydrogens is 412 g/mol. The first kappa shape index (κ1) is 22.5. The third-order valence-electron chi connectivity index (χ3n) is 4.58. The minimum Gasteiger partial charge on any atom is -0.497 e. The van der Waals surface area contributed by atoms with Gasteiger partial charge in [0.25, 0.3) is 11.8 Å². The number of furan rings is 1. The summed E-state index contributed by atoms with van der Waals surface area (Å²) in [5.41, 5.74) is 1.21. The van der Waals surface area contributed by atoms with Crippen LogP contribution < -0.4 is 24.8 Å². The van der Waals surface area contributed by atoms with Gasteiger partial charge in [-0.3, -0.25) is 9.59 Å². The first-order chi connectivity index (χ1) is 15.5. The predicted octanol–water partition coefficient (Wildman–Crippen LogP) is 3.39. The molecule has 0 spiro atoms. The molecule has 2 N–H and O–H groups in total. The molecule has 0 unspecified atom stereocenters. The number of nitrogens with one attached hydrogen (secondary N) is 2. The van der Waals surface area contributed by atoms with E-state index in [2.05, 4.69) is 10.6 Å². The van der Waals surface area contributed by atoms with Gasteiger partial charge >= 0.3 is 0 Å². The monoisotopic (exact) mass is 436 g/mol. The Bertz CT molecular complexity index is 1090. The average molecular weight is 436 g/mol. The zero-order valence-corrected chi connectivity index (χ0v) is 18.0. The van der Waals surface area contributed by atoms with Gasteiger partial charge in [-0.25, -0.2) is 0 Å². The highest BCUT2D eigenvalue weighted by Gasteiger charge is 2.17. The minimum atomic E-state index is -0.483. The lowest BCUT2D eigenvalue weighted by Gasteiger charge is -2.12. The Morgan fingerprint density at radius 1 is 0.938 bits per heavy atom. The van der Waals surface area contributed by atoms with Crippen LogP contribution in [0.25, 0.3) is 6.08 Å². The van der Waals surface area contributed by atoms with Crippen molar-refractivity contribution in [3.8, 4) is 17.2 Å². The van der Waals surface area contributed by atoms with Gasteiger partial charge in [0.15, 0.2) is 11.5 Å². The van der Waals surface area contributed by atoms with Crippen molar-refractivity contribution in [2.75, 3.05) is 21.3 Å². The van der Waals surface area contributed by atoms with E-state index in [1.54, 1.807) is 43.5 Å². The van der Waals surface area contributed by atoms with E-state index in [0.717, 1.165) is 11.3 Å². The van der Waals surface area contributed by atoms with E-state index in [1.165, 1.54) is 32.6 Å². The van der Waals surface area contributed by atoms with Crippen LogP contribution in [0.2, 0.25) is 0 Å². The van der Waals surface area contributed by atoms with Crippen molar-refractivity contribution in [1.82, 2.24) is 10.6 Å². The van der Waals surface area contributed by atoms with E-state index >= 15 is 0 Å². The molecule has 0 bridgehead atoms. The zero-order chi connectivity index (χ0) is 22.9. The minimum absolute atomic E-state index is 0.0354. The van der Waals surface area contributed by atoms with E-state index < -0.39 is 11.8 Å². The second-order valence-corrected chi connectivity index (χ2v) is 6.63. The fourth-order valence-electron chi connectivity index (χ4n) is 2.87. The van der Waals surface area contributed by atoms with Crippen LogP contribution in [-0.4, -0.2) is 33.1 Å². The van der Waals surface area contributed by atoms with Crippen LogP contribution in [0.1, 0.15) is 21.7 Å². The summed E-state index contributed by atoms with van der Waals surface area (Å²) in [6.45, 7) is 0.268. The number of benzene rings is 2. The van der Waals surface area contributed by atoms with Crippen molar-refractivity contribution in [2.45, 2.75) is 6.54 Å². The van der Waals surface area contributed by atoms with Crippen LogP contribution in [0.4, 0.5) is 0 Å². The number of amides is 2. The molecule has 32 heavy (non-hydrogen) atoms. The summed E-state index contributed by atoms with van der Waals surface area (Å²) in [6, 6.07) is 15.4. The van der Waals surface area contributed by atoms with Crippen LogP contribution in [-0.2, 0) is 11.3 Å². The van der Waals surface area contributed by atoms with E-state index in [0.29, 0.717) is 22.8 Å². The van der Waals surface area contributed by atoms with Crippen LogP contribution in [0.5, 0.6) is 17.2 Å². The molecule has 2 aromatic carbocycles. The first-order valence-electron chi connectivity index (χ1n) is 9.73. The molecule has 0 aliphatic heterocycles. The largest absolute Gasteiger partial charge is 0.497 e. The SMILES string of the molecule is COc1ccc(CNC(=O)/C(=C/c2ccco2)NC(=O)c2ccc(OC)c(OC)c2)cc1. The first-order valence-corrected chi connectivity index (χ1v) is 9.73. The summed E-state index contributed by atoms with van der Waals surface area (Å²) in [5, 5.41) is 5.45. The van der Waals surface area contributed by atoms with Gasteiger partial charge in [0.05, 0.1) is 27.6 Å². The third-order valence-corrected chi connectivity index (χ3v) is 4.58. The normalized spacial score (nSPS) is 10.9. The zero-order valence-electron chi connectivity index (χ0n) is 18.0. The van der Waals surface area contributed by atoms with Crippen molar-refractivity contribution in [2.24, 2.45) is 0 Å². The maximum absolute atomic E-state index is 12.9. The van der Waals surface area contributed by atoms with Crippen molar-refractivity contribution in [3.63, 3.8) is 0 Å². The summed E-state index contributed by atoms with van der Waals surface area (Å²) < 4.78 is 20.9. The fourth-order valence-corrected chi connectivity index (χ4v) is 2.87. The average Bonchev–Trinajstić information content (AvgIpc) is 3.35. The highest BCUT2D eigenvalue weighted by molar-refractivity contribution is 6.05. The topological polar surface area (TPSA) is 99.0 Å². The summed E-state index contributed by atoms with van der Waals surface area (Å²) in [6.07, 6.45) is 2.94. The molecule has 0 saturated heterocycles. The van der Waals surface area contributed by atoms with E-state index in [-0.39, 0.29) is 12.2 Å². The number of carbonyl (C=O) groups excluding carboxylic acids is 2. The Balaban J connectivity index is 1.76. The van der Waals surface area contributed by atoms with E-state index in [1.807, 2.05) is 12.1 Å². The van der Waals surface area contributed by atoms with Crippen LogP contribution in [0, 0.1) is 0 Å². The lowest BCUT2D eigenvalue weighted by Crippen LogP contribution is -2.34. The summed E-state index contributed by atoms with van der Waals surface area (Å²) in [7, 11) is 4.58. The molecule has 0 aliphatic rings. The van der Waals surface area contributed by atoms with Gasteiger partial charge < -0.3 is 29.3 Å². The van der Waals surface area contributed by atoms with E-state index in [4.69, 9.17) is 18.6 Å². The van der Waals surface area contributed by atoms with Gasteiger partial charge in [-0.1, -0.05) is 12.1 Å². The van der Waals surface area contributed by atoms with Gasteiger partial charge in [0, 0.05) is 18.2 Å². The smallest absolute Gasteiger partial charge is 0.268 e. The molecule has 0 radical (unpaired) electrons. The Labute approximate surface area is 185 Å². The standard InChI is InChI=1S/C24H24N2O6/c1-29-18-9-6-16(7-10-18)15-25-24(28)20(14-19-5-4-12-32-19)26-23(27)17-8-11-21(30-2)22(13-17)31-3/h4-14H,15H2,1-3H3,(H,25,28)(H,26,27)/b20-14-. The summed E-state index contributed by atoms with van der Waals surface area (Å²) in [4.78, 5) is 25.7. The molecule has 3 aromatic rings. The highest BCUT2D eigenvalue weighted by atomic mass is 16.5. The highest BCUT2D eigenvalue weighted by Crippen LogP contribution is 2.27. The third kappa shape index (κ3) is 5.69. The Morgan fingerprint density at radius 2 is 1.69 bits per heavy atom. The predicted molar refractivity (Wildman–Crippen MR) is 119 cm³/mol. The van der Waals surface area contributed by atoms with Gasteiger partial charge in [-0.05, 0) is 48.0 Å². The second-order valence-electron chi connectivity index (χ2n) is 6.63. The van der Waals surface area contributed by atoms with Gasteiger partial charge in [-0.2, -0.15) is 0 Å². The maximum Gasteiger partial charge on any atom is 0.268 e. The van der Waals surface area contributed by atoms with Crippen molar-refractivity contribution >= 4 is 17.9 Å². The van der Waals surface area contributed by atoms with Crippen molar-refractivity contribution < 1.29 is 28.2 Å². The molecule has 8 heteroatoms. The van der Waals surface area contributed by atoms with Crippen LogP contribution in [0.15, 0.2) is 71.0 Å². The fraction of sp³-hybridized carbons (Fsp3) is 0.167. The molecule has 166 valence electrons. The molecular formula is C24H24N2O6. The lowest BCUT2D eigenvalue weighted by atomic mass is 10.1. The number of carbonyl (C=O) groups is 2. The lowest BCUT2D eigenvalue weighted by molar-refractivity contribution is -0.117. The summed E-state index contributed by atoms with van der Waals surface area (Å²) in [5.74, 6) is 1.09. The number of rotatable bonds is 9. The number of hydrogen-bond acceptors (Lipinski definition) is 6. The molecule has 2 amide bonds. The molecule has 1 heterocycles. The van der Waals surface area contributed by atoms with E-state index in [9.17, 15) is 9.59 Å². The second kappa shape index (κ2) is 10.7. The van der Waals surface area contributed by atoms with Crippen LogP contribution >= 0.6 is 0 Å². The molecule has 3 rings (SSSR count). The van der Waals surface area contributed by atoms with Gasteiger partial charge in [0.1, 0.15) is 17.2 Å². The van der Waals surface area contributed by atoms with Gasteiger partial charge in [-0.15, -0.1) is 0 Å². The maximum atomic E-state index is 12.9.